The molecule has 1 N–H and O–H groups in total. The average Bonchev–Trinajstić information content (AvgIpc) is 2.61. The zero-order chi connectivity index (χ0) is 11.7. The van der Waals surface area contributed by atoms with Crippen molar-refractivity contribution in [3.63, 3.8) is 0 Å². The first-order valence-electron chi connectivity index (χ1n) is 4.92. The van der Waals surface area contributed by atoms with E-state index in [1.807, 2.05) is 31.2 Å². The normalized spacial score (nSPS) is 10.4. The molecule has 2 aromatic rings. The Morgan fingerprint density at radius 3 is 2.62 bits per heavy atom. The predicted molar refractivity (Wildman–Crippen MR) is 60.3 cm³/mol. The standard InChI is InChI=1S/C12H12N2O2/c1-8-5-3-4-6-9(8)11-13-7-10(12(15)16)14(11)2/h3-7H,1-2H3,(H,15,16). The van der Waals surface area contributed by atoms with Crippen LogP contribution in [0.5, 0.6) is 0 Å². The number of imidazole rings is 1. The average molecular weight is 216 g/mol. The topological polar surface area (TPSA) is 55.1 Å². The van der Waals surface area contributed by atoms with E-state index >= 15 is 0 Å². The van der Waals surface area contributed by atoms with Crippen molar-refractivity contribution in [1.82, 2.24) is 9.55 Å². The van der Waals surface area contributed by atoms with E-state index < -0.39 is 5.97 Å². The van der Waals surface area contributed by atoms with Gasteiger partial charge < -0.3 is 9.67 Å². The number of aryl methyl sites for hydroxylation is 1. The third-order valence-electron chi connectivity index (χ3n) is 2.59. The summed E-state index contributed by atoms with van der Waals surface area (Å²) < 4.78 is 1.59. The molecule has 0 spiro atoms. The summed E-state index contributed by atoms with van der Waals surface area (Å²) in [5.41, 5.74) is 2.23. The predicted octanol–water partition coefficient (Wildman–Crippen LogP) is 2.09. The van der Waals surface area contributed by atoms with Crippen molar-refractivity contribution in [3.8, 4) is 11.4 Å². The molecule has 4 heteroatoms. The van der Waals surface area contributed by atoms with Crippen LogP contribution in [0.25, 0.3) is 11.4 Å². The lowest BCUT2D eigenvalue weighted by atomic mass is 10.1. The molecule has 0 aliphatic rings. The summed E-state index contributed by atoms with van der Waals surface area (Å²) in [5, 5.41) is 8.93. The minimum atomic E-state index is -0.963. The van der Waals surface area contributed by atoms with Crippen molar-refractivity contribution < 1.29 is 9.90 Å². The number of hydrogen-bond donors (Lipinski definition) is 1. The molecule has 0 bridgehead atoms. The van der Waals surface area contributed by atoms with Crippen LogP contribution >= 0.6 is 0 Å². The van der Waals surface area contributed by atoms with Gasteiger partial charge in [0, 0.05) is 12.6 Å². The first kappa shape index (κ1) is 10.4. The van der Waals surface area contributed by atoms with Crippen molar-refractivity contribution >= 4 is 5.97 Å². The molecule has 0 atom stereocenters. The number of benzene rings is 1. The van der Waals surface area contributed by atoms with Crippen molar-refractivity contribution in [2.75, 3.05) is 0 Å². The molecule has 16 heavy (non-hydrogen) atoms. The number of aromatic carboxylic acids is 1. The van der Waals surface area contributed by atoms with Gasteiger partial charge in [0.2, 0.25) is 0 Å². The smallest absolute Gasteiger partial charge is 0.354 e. The van der Waals surface area contributed by atoms with Crippen LogP contribution in [0.1, 0.15) is 16.1 Å². The minimum absolute atomic E-state index is 0.193. The Morgan fingerprint density at radius 2 is 2.06 bits per heavy atom. The molecule has 0 aliphatic carbocycles. The highest BCUT2D eigenvalue weighted by molar-refractivity contribution is 5.86. The second-order valence-corrected chi connectivity index (χ2v) is 3.65. The molecule has 0 radical (unpaired) electrons. The van der Waals surface area contributed by atoms with Crippen LogP contribution in [0.2, 0.25) is 0 Å². The van der Waals surface area contributed by atoms with Crippen molar-refractivity contribution in [3.05, 3.63) is 41.7 Å². The van der Waals surface area contributed by atoms with Crippen LogP contribution in [-0.4, -0.2) is 20.6 Å². The van der Waals surface area contributed by atoms with Gasteiger partial charge in [0.1, 0.15) is 11.5 Å². The molecule has 2 rings (SSSR count). The molecule has 4 nitrogen and oxygen atoms in total. The molecule has 1 heterocycles. The van der Waals surface area contributed by atoms with Gasteiger partial charge >= 0.3 is 5.97 Å². The van der Waals surface area contributed by atoms with Gasteiger partial charge in [0.15, 0.2) is 0 Å². The molecular formula is C12H12N2O2. The number of carboxylic acid groups (broad SMARTS) is 1. The molecule has 0 fully saturated rings. The van der Waals surface area contributed by atoms with Crippen molar-refractivity contribution in [2.24, 2.45) is 7.05 Å². The lowest BCUT2D eigenvalue weighted by Crippen LogP contribution is -2.05. The van der Waals surface area contributed by atoms with E-state index in [1.54, 1.807) is 11.6 Å². The van der Waals surface area contributed by atoms with Crippen molar-refractivity contribution in [2.45, 2.75) is 6.92 Å². The van der Waals surface area contributed by atoms with Crippen LogP contribution in [0.3, 0.4) is 0 Å². The Labute approximate surface area is 93.2 Å². The number of hydrogen-bond acceptors (Lipinski definition) is 2. The van der Waals surface area contributed by atoms with Gasteiger partial charge in [0.25, 0.3) is 0 Å². The lowest BCUT2D eigenvalue weighted by molar-refractivity contribution is 0.0686. The summed E-state index contributed by atoms with van der Waals surface area (Å²) in [7, 11) is 1.71. The molecule has 0 unspecified atom stereocenters. The van der Waals surface area contributed by atoms with Gasteiger partial charge in [-0.15, -0.1) is 0 Å². The molecule has 0 aliphatic heterocycles. The Bertz CT molecular complexity index is 544. The quantitative estimate of drug-likeness (QED) is 0.836. The summed E-state index contributed by atoms with van der Waals surface area (Å²) in [6, 6.07) is 7.77. The van der Waals surface area contributed by atoms with Crippen LogP contribution in [0, 0.1) is 6.92 Å². The maximum absolute atomic E-state index is 10.9. The molecule has 0 saturated carbocycles. The van der Waals surface area contributed by atoms with E-state index in [2.05, 4.69) is 4.98 Å². The second-order valence-electron chi connectivity index (χ2n) is 3.65. The highest BCUT2D eigenvalue weighted by Crippen LogP contribution is 2.22. The maximum atomic E-state index is 10.9. The number of nitrogens with zero attached hydrogens (tertiary/aromatic N) is 2. The summed E-state index contributed by atoms with van der Waals surface area (Å²) in [6.07, 6.45) is 1.38. The van der Waals surface area contributed by atoms with E-state index in [0.717, 1.165) is 11.1 Å². The van der Waals surface area contributed by atoms with Crippen LogP contribution in [0.15, 0.2) is 30.5 Å². The number of carboxylic acids is 1. The zero-order valence-electron chi connectivity index (χ0n) is 9.14. The molecular weight excluding hydrogens is 204 g/mol. The van der Waals surface area contributed by atoms with Crippen LogP contribution in [0.4, 0.5) is 0 Å². The first-order valence-corrected chi connectivity index (χ1v) is 4.92. The van der Waals surface area contributed by atoms with Gasteiger partial charge in [-0.2, -0.15) is 0 Å². The fourth-order valence-corrected chi connectivity index (χ4v) is 1.68. The SMILES string of the molecule is Cc1ccccc1-c1ncc(C(=O)O)n1C. The van der Waals surface area contributed by atoms with Gasteiger partial charge in [-0.1, -0.05) is 24.3 Å². The molecule has 0 amide bonds. The molecule has 1 aromatic heterocycles. The summed E-state index contributed by atoms with van der Waals surface area (Å²) in [5.74, 6) is -0.287. The first-order chi connectivity index (χ1) is 7.61. The second kappa shape index (κ2) is 3.81. The third-order valence-corrected chi connectivity index (χ3v) is 2.59. The van der Waals surface area contributed by atoms with Crippen molar-refractivity contribution in [1.29, 1.82) is 0 Å². The highest BCUT2D eigenvalue weighted by atomic mass is 16.4. The molecule has 1 aromatic carbocycles. The van der Waals surface area contributed by atoms with Crippen LogP contribution in [-0.2, 0) is 7.05 Å². The van der Waals surface area contributed by atoms with E-state index in [-0.39, 0.29) is 5.69 Å². The summed E-state index contributed by atoms with van der Waals surface area (Å²) in [4.78, 5) is 15.0. The van der Waals surface area contributed by atoms with Crippen LogP contribution < -0.4 is 0 Å². The Morgan fingerprint density at radius 1 is 1.38 bits per heavy atom. The Kier molecular flexibility index (Phi) is 2.48. The zero-order valence-corrected chi connectivity index (χ0v) is 9.14. The molecule has 82 valence electrons. The minimum Gasteiger partial charge on any atom is -0.477 e. The van der Waals surface area contributed by atoms with Gasteiger partial charge in [-0.05, 0) is 12.5 Å². The maximum Gasteiger partial charge on any atom is 0.354 e. The van der Waals surface area contributed by atoms with E-state index in [9.17, 15) is 4.79 Å². The third kappa shape index (κ3) is 1.58. The van der Waals surface area contributed by atoms with Gasteiger partial charge in [-0.3, -0.25) is 0 Å². The fraction of sp³-hybridized carbons (Fsp3) is 0.167. The van der Waals surface area contributed by atoms with Gasteiger partial charge in [-0.25, -0.2) is 9.78 Å². The number of carbonyl (C=O) groups is 1. The Hall–Kier alpha value is -2.10. The summed E-state index contributed by atoms with van der Waals surface area (Å²) >= 11 is 0. The molecule has 0 saturated heterocycles. The number of rotatable bonds is 2. The monoisotopic (exact) mass is 216 g/mol. The van der Waals surface area contributed by atoms with Gasteiger partial charge in [0.05, 0.1) is 6.20 Å². The largest absolute Gasteiger partial charge is 0.477 e. The Balaban J connectivity index is 2.58. The fourth-order valence-electron chi connectivity index (χ4n) is 1.68. The van der Waals surface area contributed by atoms with E-state index in [0.29, 0.717) is 5.82 Å². The summed E-state index contributed by atoms with van der Waals surface area (Å²) in [6.45, 7) is 1.98. The van der Waals surface area contributed by atoms with E-state index in [1.165, 1.54) is 6.20 Å². The highest BCUT2D eigenvalue weighted by Gasteiger charge is 2.14. The van der Waals surface area contributed by atoms with E-state index in [4.69, 9.17) is 5.11 Å². The number of aromatic nitrogens is 2. The lowest BCUT2D eigenvalue weighted by Gasteiger charge is -2.06.